The largest absolute Gasteiger partial charge is 0.391 e. The second-order valence-electron chi connectivity index (χ2n) is 4.19. The molecule has 0 bridgehead atoms. The Kier molecular flexibility index (Phi) is 4.09. The molecule has 1 N–H and O–H groups in total. The summed E-state index contributed by atoms with van der Waals surface area (Å²) in [5.41, 5.74) is -0.266. The smallest absolute Gasteiger partial charge is 0.391 e. The van der Waals surface area contributed by atoms with Crippen molar-refractivity contribution >= 4 is 26.8 Å². The monoisotopic (exact) mass is 351 g/mol. The third-order valence-corrected chi connectivity index (χ3v) is 2.95. The van der Waals surface area contributed by atoms with E-state index in [0.29, 0.717) is 9.99 Å². The Labute approximate surface area is 119 Å². The Hall–Kier alpha value is -1.48. The Morgan fingerprint density at radius 3 is 2.75 bits per heavy atom. The molecule has 0 saturated heterocycles. The van der Waals surface area contributed by atoms with E-state index >= 15 is 0 Å². The van der Waals surface area contributed by atoms with Gasteiger partial charge in [-0.2, -0.15) is 18.3 Å². The van der Waals surface area contributed by atoms with Crippen molar-refractivity contribution in [2.24, 2.45) is 0 Å². The summed E-state index contributed by atoms with van der Waals surface area (Å²) in [5.74, 6) is 0. The van der Waals surface area contributed by atoms with Crippen LogP contribution in [0.5, 0.6) is 0 Å². The van der Waals surface area contributed by atoms with Crippen LogP contribution in [0.25, 0.3) is 10.9 Å². The van der Waals surface area contributed by atoms with Crippen molar-refractivity contribution in [1.29, 1.82) is 0 Å². The number of alkyl halides is 3. The van der Waals surface area contributed by atoms with E-state index in [4.69, 9.17) is 0 Å². The van der Waals surface area contributed by atoms with E-state index in [1.54, 1.807) is 0 Å². The average molecular weight is 352 g/mol. The first kappa shape index (κ1) is 14.9. The van der Waals surface area contributed by atoms with Crippen molar-refractivity contribution in [3.63, 3.8) is 0 Å². The van der Waals surface area contributed by atoms with Crippen LogP contribution < -0.4 is 5.56 Å². The van der Waals surface area contributed by atoms with Crippen LogP contribution in [-0.2, 0) is 6.54 Å². The normalized spacial score (nSPS) is 13.7. The van der Waals surface area contributed by atoms with Crippen LogP contribution in [0.1, 0.15) is 6.42 Å². The number of aliphatic hydroxyl groups is 1. The lowest BCUT2D eigenvalue weighted by Crippen LogP contribution is -2.31. The number of pyridine rings is 1. The molecule has 0 aliphatic carbocycles. The molecule has 0 fully saturated rings. The van der Waals surface area contributed by atoms with Crippen molar-refractivity contribution in [2.75, 3.05) is 0 Å². The van der Waals surface area contributed by atoms with Gasteiger partial charge in [0.25, 0.3) is 5.56 Å². The van der Waals surface area contributed by atoms with Crippen LogP contribution in [-0.4, -0.2) is 32.2 Å². The molecule has 0 aromatic carbocycles. The molecule has 0 saturated carbocycles. The molecule has 0 amide bonds. The Morgan fingerprint density at radius 1 is 1.40 bits per heavy atom. The van der Waals surface area contributed by atoms with E-state index in [1.165, 1.54) is 18.5 Å². The highest BCUT2D eigenvalue weighted by Gasteiger charge is 2.31. The highest BCUT2D eigenvalue weighted by molar-refractivity contribution is 9.10. The van der Waals surface area contributed by atoms with E-state index < -0.39 is 30.8 Å². The molecule has 0 aliphatic rings. The summed E-state index contributed by atoms with van der Waals surface area (Å²) in [7, 11) is 0. The van der Waals surface area contributed by atoms with Crippen molar-refractivity contribution < 1.29 is 18.3 Å². The maximum atomic E-state index is 12.1. The minimum Gasteiger partial charge on any atom is -0.391 e. The number of hydrogen-bond donors (Lipinski definition) is 1. The summed E-state index contributed by atoms with van der Waals surface area (Å²) < 4.78 is 37.8. The van der Waals surface area contributed by atoms with E-state index in [0.717, 1.165) is 4.68 Å². The van der Waals surface area contributed by atoms with Gasteiger partial charge in [-0.1, -0.05) is 0 Å². The second kappa shape index (κ2) is 5.49. The molecule has 108 valence electrons. The molecule has 0 spiro atoms. The Bertz CT molecular complexity index is 687. The number of aromatic nitrogens is 3. The first-order valence-electron chi connectivity index (χ1n) is 5.52. The average Bonchev–Trinajstić information content (AvgIpc) is 2.31. The zero-order chi connectivity index (χ0) is 14.9. The van der Waals surface area contributed by atoms with Gasteiger partial charge in [-0.25, -0.2) is 4.68 Å². The highest BCUT2D eigenvalue weighted by atomic mass is 79.9. The summed E-state index contributed by atoms with van der Waals surface area (Å²) in [5, 5.41) is 13.3. The van der Waals surface area contributed by atoms with Crippen LogP contribution in [0.4, 0.5) is 13.2 Å². The van der Waals surface area contributed by atoms with Crippen molar-refractivity contribution in [1.82, 2.24) is 14.8 Å². The molecule has 2 aromatic rings. The maximum absolute atomic E-state index is 12.1. The molecule has 2 aromatic heterocycles. The Balaban J connectivity index is 2.32. The standard InChI is InChI=1S/C11H9BrF3N3O2/c12-6-1-8-9(16-3-6)4-17-18(10(8)20)5-7(19)2-11(13,14)15/h1,3-4,7,19H,2,5H2. The number of aliphatic hydroxyl groups excluding tert-OH is 1. The van der Waals surface area contributed by atoms with Gasteiger partial charge >= 0.3 is 6.18 Å². The summed E-state index contributed by atoms with van der Waals surface area (Å²) in [4.78, 5) is 16.0. The van der Waals surface area contributed by atoms with Crippen LogP contribution >= 0.6 is 15.9 Å². The molecule has 0 radical (unpaired) electrons. The SMILES string of the molecule is O=c1c2cc(Br)cnc2cnn1CC(O)CC(F)(F)F. The minimum atomic E-state index is -4.50. The van der Waals surface area contributed by atoms with Gasteiger partial charge in [0, 0.05) is 10.7 Å². The van der Waals surface area contributed by atoms with E-state index in [2.05, 4.69) is 26.0 Å². The second-order valence-corrected chi connectivity index (χ2v) is 5.11. The van der Waals surface area contributed by atoms with E-state index in [1.807, 2.05) is 0 Å². The molecule has 1 unspecified atom stereocenters. The third kappa shape index (κ3) is 3.54. The van der Waals surface area contributed by atoms with Gasteiger partial charge in [-0.05, 0) is 22.0 Å². The number of halogens is 4. The van der Waals surface area contributed by atoms with Gasteiger partial charge in [-0.15, -0.1) is 0 Å². The molecule has 5 nitrogen and oxygen atoms in total. The zero-order valence-electron chi connectivity index (χ0n) is 9.93. The molecule has 1 atom stereocenters. The van der Waals surface area contributed by atoms with E-state index in [-0.39, 0.29) is 5.39 Å². The number of nitrogens with zero attached hydrogens (tertiary/aromatic N) is 3. The third-order valence-electron chi connectivity index (χ3n) is 2.52. The van der Waals surface area contributed by atoms with Crippen LogP contribution in [0.2, 0.25) is 0 Å². The highest BCUT2D eigenvalue weighted by Crippen LogP contribution is 2.22. The summed E-state index contributed by atoms with van der Waals surface area (Å²) in [6, 6.07) is 1.50. The topological polar surface area (TPSA) is 68.0 Å². The van der Waals surface area contributed by atoms with Crippen LogP contribution in [0, 0.1) is 0 Å². The lowest BCUT2D eigenvalue weighted by molar-refractivity contribution is -0.155. The fourth-order valence-corrected chi connectivity index (χ4v) is 2.03. The van der Waals surface area contributed by atoms with Crippen molar-refractivity contribution in [3.05, 3.63) is 33.3 Å². The maximum Gasteiger partial charge on any atom is 0.391 e. The number of fused-ring (bicyclic) bond motifs is 1. The van der Waals surface area contributed by atoms with Gasteiger partial charge < -0.3 is 5.11 Å². The van der Waals surface area contributed by atoms with Crippen molar-refractivity contribution in [2.45, 2.75) is 25.2 Å². The summed E-state index contributed by atoms with van der Waals surface area (Å²) in [6.07, 6.45) is -4.87. The lowest BCUT2D eigenvalue weighted by atomic mass is 10.2. The molecular formula is C11H9BrF3N3O2. The fourth-order valence-electron chi connectivity index (χ4n) is 1.70. The molecule has 20 heavy (non-hydrogen) atoms. The lowest BCUT2D eigenvalue weighted by Gasteiger charge is -2.13. The molecule has 2 heterocycles. The predicted molar refractivity (Wildman–Crippen MR) is 68.2 cm³/mol. The van der Waals surface area contributed by atoms with Gasteiger partial charge in [0.1, 0.15) is 0 Å². The summed E-state index contributed by atoms with van der Waals surface area (Å²) >= 11 is 3.15. The number of rotatable bonds is 3. The van der Waals surface area contributed by atoms with Gasteiger partial charge in [0.2, 0.25) is 0 Å². The predicted octanol–water partition coefficient (Wildman–Crippen LogP) is 1.87. The number of hydrogen-bond acceptors (Lipinski definition) is 4. The van der Waals surface area contributed by atoms with Gasteiger partial charge in [-0.3, -0.25) is 9.78 Å². The first-order chi connectivity index (χ1) is 9.26. The fraction of sp³-hybridized carbons (Fsp3) is 0.364. The molecule has 0 aliphatic heterocycles. The first-order valence-corrected chi connectivity index (χ1v) is 6.32. The van der Waals surface area contributed by atoms with Crippen LogP contribution in [0.15, 0.2) is 27.7 Å². The molecule has 2 rings (SSSR count). The Morgan fingerprint density at radius 2 is 2.10 bits per heavy atom. The minimum absolute atomic E-state index is 0.216. The van der Waals surface area contributed by atoms with E-state index in [9.17, 15) is 23.1 Å². The van der Waals surface area contributed by atoms with Gasteiger partial charge in [0.05, 0.1) is 36.2 Å². The molecular weight excluding hydrogens is 343 g/mol. The van der Waals surface area contributed by atoms with Crippen molar-refractivity contribution in [3.8, 4) is 0 Å². The van der Waals surface area contributed by atoms with Gasteiger partial charge in [0.15, 0.2) is 0 Å². The quantitative estimate of drug-likeness (QED) is 0.916. The molecule has 9 heteroatoms. The van der Waals surface area contributed by atoms with Crippen LogP contribution in [0.3, 0.4) is 0 Å². The summed E-state index contributed by atoms with van der Waals surface area (Å²) in [6.45, 7) is -0.527. The zero-order valence-corrected chi connectivity index (χ0v) is 11.5.